The first kappa shape index (κ1) is 13.5. The normalized spacial score (nSPS) is 17.7. The van der Waals surface area contributed by atoms with Gasteiger partial charge in [-0.3, -0.25) is 14.9 Å². The van der Waals surface area contributed by atoms with Gasteiger partial charge in [-0.25, -0.2) is 0 Å². The predicted octanol–water partition coefficient (Wildman–Crippen LogP) is 2.91. The van der Waals surface area contributed by atoms with Gasteiger partial charge >= 0.3 is 6.36 Å². The minimum atomic E-state index is -4.78. The molecule has 100 valence electrons. The lowest BCUT2D eigenvalue weighted by atomic mass is 10.2. The minimum Gasteiger partial charge on any atom is -0.406 e. The lowest BCUT2D eigenvalue weighted by molar-refractivity contribution is -0.274. The summed E-state index contributed by atoms with van der Waals surface area (Å²) >= 11 is 0.686. The maximum absolute atomic E-state index is 12.0. The molecule has 2 amide bonds. The van der Waals surface area contributed by atoms with Crippen LogP contribution in [0, 0.1) is 0 Å². The molecule has 0 bridgehead atoms. The second-order valence-corrected chi connectivity index (χ2v) is 4.49. The maximum Gasteiger partial charge on any atom is 0.573 e. The third-order valence-electron chi connectivity index (χ3n) is 2.03. The highest BCUT2D eigenvalue weighted by atomic mass is 32.2. The monoisotopic (exact) mass is 289 g/mol. The molecule has 2 rings (SSSR count). The summed E-state index contributed by atoms with van der Waals surface area (Å²) in [5, 5.41) is 1.53. The van der Waals surface area contributed by atoms with E-state index in [-0.39, 0.29) is 4.91 Å². The van der Waals surface area contributed by atoms with E-state index in [0.717, 1.165) is 12.1 Å². The van der Waals surface area contributed by atoms with Gasteiger partial charge in [-0.2, -0.15) is 0 Å². The van der Waals surface area contributed by atoms with E-state index < -0.39 is 23.3 Å². The van der Waals surface area contributed by atoms with Crippen LogP contribution in [0.2, 0.25) is 0 Å². The molecule has 0 radical (unpaired) electrons. The van der Waals surface area contributed by atoms with Gasteiger partial charge in [0.1, 0.15) is 5.75 Å². The summed E-state index contributed by atoms with van der Waals surface area (Å²) in [5.41, 5.74) is 0.328. The average molecular weight is 289 g/mol. The third-order valence-corrected chi connectivity index (χ3v) is 2.84. The number of hydrogen-bond acceptors (Lipinski definition) is 4. The molecule has 0 aromatic heterocycles. The van der Waals surface area contributed by atoms with E-state index in [1.165, 1.54) is 18.2 Å². The number of alkyl halides is 3. The van der Waals surface area contributed by atoms with Crippen LogP contribution in [0.4, 0.5) is 18.0 Å². The smallest absolute Gasteiger partial charge is 0.406 e. The van der Waals surface area contributed by atoms with Crippen molar-refractivity contribution in [2.45, 2.75) is 6.36 Å². The van der Waals surface area contributed by atoms with Crippen LogP contribution in [0.5, 0.6) is 5.75 Å². The van der Waals surface area contributed by atoms with Crippen LogP contribution in [0.1, 0.15) is 5.56 Å². The number of rotatable bonds is 2. The van der Waals surface area contributed by atoms with Gasteiger partial charge in [-0.05, 0) is 35.5 Å². The fourth-order valence-electron chi connectivity index (χ4n) is 1.37. The number of carbonyl (C=O) groups is 2. The second kappa shape index (κ2) is 4.96. The Morgan fingerprint density at radius 1 is 1.26 bits per heavy atom. The molecule has 1 fully saturated rings. The van der Waals surface area contributed by atoms with Crippen LogP contribution >= 0.6 is 11.8 Å². The molecule has 1 aliphatic heterocycles. The van der Waals surface area contributed by atoms with Gasteiger partial charge in [-0.15, -0.1) is 13.2 Å². The molecule has 0 atom stereocenters. The number of amides is 2. The van der Waals surface area contributed by atoms with Crippen molar-refractivity contribution in [1.29, 1.82) is 0 Å². The summed E-state index contributed by atoms with van der Waals surface area (Å²) in [4.78, 5) is 22.3. The van der Waals surface area contributed by atoms with Crippen molar-refractivity contribution < 1.29 is 27.5 Å². The quantitative estimate of drug-likeness (QED) is 0.851. The molecule has 8 heteroatoms. The lowest BCUT2D eigenvalue weighted by Crippen LogP contribution is -2.18. The molecule has 1 aliphatic rings. The first-order valence-electron chi connectivity index (χ1n) is 4.94. The summed E-state index contributed by atoms with van der Waals surface area (Å²) in [6.07, 6.45) is -3.46. The Bertz CT molecular complexity index is 569. The van der Waals surface area contributed by atoms with E-state index in [1.807, 2.05) is 5.32 Å². The highest BCUT2D eigenvalue weighted by Gasteiger charge is 2.31. The first-order valence-corrected chi connectivity index (χ1v) is 5.76. The molecule has 1 N–H and O–H groups in total. The molecule has 0 unspecified atom stereocenters. The van der Waals surface area contributed by atoms with Crippen LogP contribution in [0.3, 0.4) is 0 Å². The van der Waals surface area contributed by atoms with Crippen LogP contribution in [-0.4, -0.2) is 17.5 Å². The van der Waals surface area contributed by atoms with Crippen LogP contribution in [0.15, 0.2) is 29.2 Å². The Kier molecular flexibility index (Phi) is 3.52. The number of carbonyl (C=O) groups excluding carboxylic acids is 2. The zero-order chi connectivity index (χ0) is 14.0. The van der Waals surface area contributed by atoms with Gasteiger partial charge in [0.15, 0.2) is 0 Å². The van der Waals surface area contributed by atoms with Gasteiger partial charge in [0.25, 0.3) is 11.1 Å². The van der Waals surface area contributed by atoms with Gasteiger partial charge in [-0.1, -0.05) is 12.1 Å². The van der Waals surface area contributed by atoms with E-state index in [2.05, 4.69) is 4.74 Å². The standard InChI is InChI=1S/C11H6F3NO3S/c12-11(13,14)18-7-3-1-2-6(4-7)5-8-9(16)15-10(17)19-8/h1-5H,(H,15,16,17)/b8-5+. The zero-order valence-electron chi connectivity index (χ0n) is 9.15. The Morgan fingerprint density at radius 3 is 2.58 bits per heavy atom. The van der Waals surface area contributed by atoms with E-state index >= 15 is 0 Å². The van der Waals surface area contributed by atoms with E-state index in [1.54, 1.807) is 0 Å². The molecule has 4 nitrogen and oxygen atoms in total. The van der Waals surface area contributed by atoms with Crippen molar-refractivity contribution in [3.63, 3.8) is 0 Å². The van der Waals surface area contributed by atoms with Crippen molar-refractivity contribution in [2.24, 2.45) is 0 Å². The third kappa shape index (κ3) is 3.75. The minimum absolute atomic E-state index is 0.120. The largest absolute Gasteiger partial charge is 0.573 e. The number of thioether (sulfide) groups is 1. The second-order valence-electron chi connectivity index (χ2n) is 3.47. The number of benzene rings is 1. The number of hydrogen-bond donors (Lipinski definition) is 1. The van der Waals surface area contributed by atoms with E-state index in [4.69, 9.17) is 0 Å². The van der Waals surface area contributed by atoms with E-state index in [9.17, 15) is 22.8 Å². The molecule has 1 aromatic carbocycles. The molecule has 1 heterocycles. The summed E-state index contributed by atoms with van der Waals surface area (Å²) in [6.45, 7) is 0. The zero-order valence-corrected chi connectivity index (χ0v) is 9.97. The van der Waals surface area contributed by atoms with E-state index in [0.29, 0.717) is 17.3 Å². The Hall–Kier alpha value is -1.96. The predicted molar refractivity (Wildman–Crippen MR) is 62.2 cm³/mol. The molecule has 0 saturated carbocycles. The maximum atomic E-state index is 12.0. The number of ether oxygens (including phenoxy) is 1. The Balaban J connectivity index is 2.22. The first-order chi connectivity index (χ1) is 8.83. The molecule has 1 saturated heterocycles. The van der Waals surface area contributed by atoms with Crippen molar-refractivity contribution in [1.82, 2.24) is 5.32 Å². The number of nitrogens with one attached hydrogen (secondary N) is 1. The highest BCUT2D eigenvalue weighted by Crippen LogP contribution is 2.28. The summed E-state index contributed by atoms with van der Waals surface area (Å²) in [6, 6.07) is 5.11. The summed E-state index contributed by atoms with van der Waals surface area (Å²) in [7, 11) is 0. The topological polar surface area (TPSA) is 55.4 Å². The fourth-order valence-corrected chi connectivity index (χ4v) is 2.06. The molecular weight excluding hydrogens is 283 g/mol. The molecule has 0 spiro atoms. The molecule has 1 aromatic rings. The van der Waals surface area contributed by atoms with Gasteiger partial charge in [0, 0.05) is 0 Å². The lowest BCUT2D eigenvalue weighted by Gasteiger charge is -2.08. The number of imide groups is 1. The fraction of sp³-hybridized carbons (Fsp3) is 0.0909. The Morgan fingerprint density at radius 2 is 2.00 bits per heavy atom. The van der Waals surface area contributed by atoms with Gasteiger partial charge in [0.2, 0.25) is 0 Å². The molecule has 19 heavy (non-hydrogen) atoms. The van der Waals surface area contributed by atoms with Gasteiger partial charge in [0.05, 0.1) is 4.91 Å². The SMILES string of the molecule is O=C1NC(=O)/C(=C\c2cccc(OC(F)(F)F)c2)S1. The number of halogens is 3. The summed E-state index contributed by atoms with van der Waals surface area (Å²) in [5.74, 6) is -0.964. The highest BCUT2D eigenvalue weighted by molar-refractivity contribution is 8.18. The summed E-state index contributed by atoms with van der Waals surface area (Å²) < 4.78 is 39.9. The average Bonchev–Trinajstić information content (AvgIpc) is 2.55. The molecule has 0 aliphatic carbocycles. The van der Waals surface area contributed by atoms with Crippen LogP contribution < -0.4 is 10.1 Å². The molecular formula is C11H6F3NO3S. The van der Waals surface area contributed by atoms with Crippen molar-refractivity contribution in [3.8, 4) is 5.75 Å². The van der Waals surface area contributed by atoms with Gasteiger partial charge < -0.3 is 4.74 Å². The van der Waals surface area contributed by atoms with Crippen LogP contribution in [-0.2, 0) is 4.79 Å². The van der Waals surface area contributed by atoms with Crippen molar-refractivity contribution >= 4 is 29.0 Å². The van der Waals surface area contributed by atoms with Crippen LogP contribution in [0.25, 0.3) is 6.08 Å². The van der Waals surface area contributed by atoms with Crippen molar-refractivity contribution in [2.75, 3.05) is 0 Å². The van der Waals surface area contributed by atoms with Crippen molar-refractivity contribution in [3.05, 3.63) is 34.7 Å². The Labute approximate surface area is 109 Å².